The number of carbonyl (C=O) groups is 1. The smallest absolute Gasteiger partial charge is 0.407 e. The number of amides is 1. The second-order valence-electron chi connectivity index (χ2n) is 8.46. The average Bonchev–Trinajstić information content (AvgIpc) is 2.88. The van der Waals surface area contributed by atoms with Crippen molar-refractivity contribution in [1.82, 2.24) is 5.32 Å². The van der Waals surface area contributed by atoms with Crippen LogP contribution in [0.4, 0.5) is 4.79 Å². The van der Waals surface area contributed by atoms with E-state index in [-0.39, 0.29) is 12.1 Å². The highest BCUT2D eigenvalue weighted by molar-refractivity contribution is 5.68. The summed E-state index contributed by atoms with van der Waals surface area (Å²) >= 11 is 0. The molecule has 0 aromatic carbocycles. The Balaban J connectivity index is 1.86. The normalized spacial score (nSPS) is 35.1. The molecule has 2 aliphatic rings. The van der Waals surface area contributed by atoms with Crippen LogP contribution in [0.15, 0.2) is 0 Å². The molecule has 1 unspecified atom stereocenters. The maximum absolute atomic E-state index is 11.9. The number of nitrogens with two attached hydrogens (primary N) is 1. The zero-order valence-electron chi connectivity index (χ0n) is 14.2. The maximum atomic E-state index is 11.9. The monoisotopic (exact) mass is 296 g/mol. The van der Waals surface area contributed by atoms with E-state index in [2.05, 4.69) is 19.2 Å². The van der Waals surface area contributed by atoms with Crippen molar-refractivity contribution in [3.8, 4) is 0 Å². The van der Waals surface area contributed by atoms with Gasteiger partial charge in [0.15, 0.2) is 0 Å². The molecular weight excluding hydrogens is 264 g/mol. The molecule has 2 fully saturated rings. The predicted octanol–water partition coefficient (Wildman–Crippen LogP) is 3.30. The molecule has 0 bridgehead atoms. The van der Waals surface area contributed by atoms with Gasteiger partial charge >= 0.3 is 6.09 Å². The van der Waals surface area contributed by atoms with Crippen molar-refractivity contribution in [1.29, 1.82) is 0 Å². The molecule has 4 nitrogen and oxygen atoms in total. The van der Waals surface area contributed by atoms with E-state index in [9.17, 15) is 4.79 Å². The Morgan fingerprint density at radius 1 is 1.33 bits per heavy atom. The van der Waals surface area contributed by atoms with Gasteiger partial charge < -0.3 is 15.8 Å². The van der Waals surface area contributed by atoms with Crippen molar-refractivity contribution in [3.63, 3.8) is 0 Å². The van der Waals surface area contributed by atoms with Gasteiger partial charge in [-0.1, -0.05) is 20.3 Å². The zero-order valence-corrected chi connectivity index (χ0v) is 14.2. The molecule has 4 heteroatoms. The summed E-state index contributed by atoms with van der Waals surface area (Å²) in [6, 6.07) is 0.258. The van der Waals surface area contributed by atoms with Crippen LogP contribution in [-0.2, 0) is 4.74 Å². The lowest BCUT2D eigenvalue weighted by Gasteiger charge is -2.31. The molecule has 3 N–H and O–H groups in total. The Morgan fingerprint density at radius 3 is 2.52 bits per heavy atom. The van der Waals surface area contributed by atoms with Gasteiger partial charge in [-0.2, -0.15) is 0 Å². The number of alkyl carbamates (subject to hydrolysis) is 1. The molecule has 21 heavy (non-hydrogen) atoms. The first-order chi connectivity index (χ1) is 9.65. The molecule has 1 amide bonds. The lowest BCUT2D eigenvalue weighted by molar-refractivity contribution is 0.0480. The first-order valence-corrected chi connectivity index (χ1v) is 8.34. The Bertz CT molecular complexity index is 387. The highest BCUT2D eigenvalue weighted by Gasteiger charge is 2.59. The molecule has 2 rings (SSSR count). The van der Waals surface area contributed by atoms with Crippen LogP contribution in [0.25, 0.3) is 0 Å². The van der Waals surface area contributed by atoms with Crippen LogP contribution in [0.2, 0.25) is 0 Å². The summed E-state index contributed by atoms with van der Waals surface area (Å²) in [6.45, 7) is 11.1. The molecule has 0 spiro atoms. The fourth-order valence-electron chi connectivity index (χ4n) is 4.33. The Labute approximate surface area is 129 Å². The summed E-state index contributed by atoms with van der Waals surface area (Å²) in [5.74, 6) is 2.08. The van der Waals surface area contributed by atoms with Crippen molar-refractivity contribution >= 4 is 6.09 Å². The van der Waals surface area contributed by atoms with Crippen molar-refractivity contribution in [3.05, 3.63) is 0 Å². The van der Waals surface area contributed by atoms with E-state index < -0.39 is 5.60 Å². The number of hydrogen-bond acceptors (Lipinski definition) is 3. The molecule has 2 aliphatic carbocycles. The second kappa shape index (κ2) is 5.79. The van der Waals surface area contributed by atoms with E-state index in [0.29, 0.717) is 17.3 Å². The summed E-state index contributed by atoms with van der Waals surface area (Å²) in [5.41, 5.74) is 5.85. The van der Waals surface area contributed by atoms with Crippen molar-refractivity contribution < 1.29 is 9.53 Å². The minimum atomic E-state index is -0.429. The molecule has 0 aromatic rings. The van der Waals surface area contributed by atoms with Gasteiger partial charge in [-0.3, -0.25) is 0 Å². The number of ether oxygens (including phenoxy) is 1. The second-order valence-corrected chi connectivity index (χ2v) is 8.46. The Hall–Kier alpha value is -0.770. The number of carbonyl (C=O) groups excluding carboxylic acids is 1. The molecule has 0 saturated heterocycles. The summed E-state index contributed by atoms with van der Waals surface area (Å²) in [7, 11) is 0. The van der Waals surface area contributed by atoms with E-state index in [1.54, 1.807) is 0 Å². The van der Waals surface area contributed by atoms with Gasteiger partial charge in [0.25, 0.3) is 0 Å². The van der Waals surface area contributed by atoms with Crippen molar-refractivity contribution in [2.45, 2.75) is 71.9 Å². The first kappa shape index (κ1) is 16.6. The predicted molar refractivity (Wildman–Crippen MR) is 84.9 cm³/mol. The van der Waals surface area contributed by atoms with Crippen molar-refractivity contribution in [2.24, 2.45) is 28.9 Å². The standard InChI is InChI=1S/C17H32N2O2/c1-16(2,3)21-15(20)19-12-8-6-7-11(9-12)14-13(10-18)17(14,4)5/h11-14H,6-10,18H2,1-5H3,(H,19,20)/t11?,12-,13-,14-/m1/s1. The lowest BCUT2D eigenvalue weighted by Crippen LogP contribution is -2.42. The van der Waals surface area contributed by atoms with Crippen molar-refractivity contribution in [2.75, 3.05) is 6.54 Å². The summed E-state index contributed by atoms with van der Waals surface area (Å²) < 4.78 is 5.36. The third-order valence-electron chi connectivity index (χ3n) is 5.34. The van der Waals surface area contributed by atoms with Crippen LogP contribution in [0.5, 0.6) is 0 Å². The van der Waals surface area contributed by atoms with E-state index >= 15 is 0 Å². The van der Waals surface area contributed by atoms with E-state index in [1.807, 2.05) is 20.8 Å². The molecule has 122 valence electrons. The third-order valence-corrected chi connectivity index (χ3v) is 5.34. The lowest BCUT2D eigenvalue weighted by atomic mass is 9.80. The summed E-state index contributed by atoms with van der Waals surface area (Å²) in [4.78, 5) is 11.9. The summed E-state index contributed by atoms with van der Waals surface area (Å²) in [6.07, 6.45) is 4.32. The molecule has 0 heterocycles. The minimum Gasteiger partial charge on any atom is -0.444 e. The molecular formula is C17H32N2O2. The highest BCUT2D eigenvalue weighted by atomic mass is 16.6. The zero-order chi connectivity index (χ0) is 15.8. The number of hydrogen-bond donors (Lipinski definition) is 2. The Morgan fingerprint density at radius 2 is 2.00 bits per heavy atom. The van der Waals surface area contributed by atoms with Gasteiger partial charge in [-0.15, -0.1) is 0 Å². The van der Waals surface area contributed by atoms with Gasteiger partial charge in [0.2, 0.25) is 0 Å². The fourth-order valence-corrected chi connectivity index (χ4v) is 4.33. The van der Waals surface area contributed by atoms with Gasteiger partial charge in [-0.05, 0) is 69.7 Å². The number of nitrogens with one attached hydrogen (secondary N) is 1. The molecule has 0 aliphatic heterocycles. The Kier molecular flexibility index (Phi) is 4.57. The number of rotatable bonds is 3. The fraction of sp³-hybridized carbons (Fsp3) is 0.941. The maximum Gasteiger partial charge on any atom is 0.407 e. The average molecular weight is 296 g/mol. The van der Waals surface area contributed by atoms with E-state index in [0.717, 1.165) is 25.3 Å². The van der Waals surface area contributed by atoms with Gasteiger partial charge in [-0.25, -0.2) is 4.79 Å². The van der Waals surface area contributed by atoms with Crippen LogP contribution >= 0.6 is 0 Å². The quantitative estimate of drug-likeness (QED) is 0.840. The van der Waals surface area contributed by atoms with Crippen LogP contribution in [-0.4, -0.2) is 24.3 Å². The van der Waals surface area contributed by atoms with Crippen LogP contribution < -0.4 is 11.1 Å². The molecule has 4 atom stereocenters. The minimum absolute atomic E-state index is 0.258. The molecule has 0 radical (unpaired) electrons. The van der Waals surface area contributed by atoms with Crippen LogP contribution in [0.3, 0.4) is 0 Å². The SMILES string of the molecule is CC(C)(C)OC(=O)N[C@@H]1CCCC([C@@H]2[C@@H](CN)C2(C)C)C1. The van der Waals surface area contributed by atoms with Crippen LogP contribution in [0.1, 0.15) is 60.3 Å². The van der Waals surface area contributed by atoms with Gasteiger partial charge in [0.1, 0.15) is 5.60 Å². The largest absolute Gasteiger partial charge is 0.444 e. The topological polar surface area (TPSA) is 64.3 Å². The van der Waals surface area contributed by atoms with Gasteiger partial charge in [0, 0.05) is 6.04 Å². The first-order valence-electron chi connectivity index (χ1n) is 8.34. The van der Waals surface area contributed by atoms with Crippen LogP contribution in [0, 0.1) is 23.2 Å². The molecule has 0 aromatic heterocycles. The van der Waals surface area contributed by atoms with E-state index in [4.69, 9.17) is 10.5 Å². The third kappa shape index (κ3) is 3.91. The summed E-state index contributed by atoms with van der Waals surface area (Å²) in [5, 5.41) is 3.06. The van der Waals surface area contributed by atoms with E-state index in [1.165, 1.54) is 12.8 Å². The van der Waals surface area contributed by atoms with Gasteiger partial charge in [0.05, 0.1) is 0 Å². The highest BCUT2D eigenvalue weighted by Crippen LogP contribution is 2.63. The molecule has 2 saturated carbocycles.